The molecular formula is C12H20N2S2. The first-order valence-electron chi connectivity index (χ1n) is 5.82. The van der Waals surface area contributed by atoms with Gasteiger partial charge in [-0.25, -0.2) is 0 Å². The summed E-state index contributed by atoms with van der Waals surface area (Å²) >= 11 is 3.92. The lowest BCUT2D eigenvalue weighted by Crippen LogP contribution is -2.42. The molecule has 1 saturated heterocycles. The van der Waals surface area contributed by atoms with Crippen LogP contribution in [0.25, 0.3) is 0 Å². The lowest BCUT2D eigenvalue weighted by atomic mass is 10.1. The first-order valence-corrected chi connectivity index (χ1v) is 7.75. The molecule has 0 spiro atoms. The van der Waals surface area contributed by atoms with Gasteiger partial charge in [0.25, 0.3) is 0 Å². The zero-order chi connectivity index (χ0) is 11.5. The third kappa shape index (κ3) is 2.62. The summed E-state index contributed by atoms with van der Waals surface area (Å²) in [6.07, 6.45) is 0. The van der Waals surface area contributed by atoms with Crippen molar-refractivity contribution in [2.75, 3.05) is 25.4 Å². The van der Waals surface area contributed by atoms with Gasteiger partial charge >= 0.3 is 0 Å². The molecule has 0 radical (unpaired) electrons. The van der Waals surface area contributed by atoms with Gasteiger partial charge in [-0.05, 0) is 23.9 Å². The van der Waals surface area contributed by atoms with Gasteiger partial charge in [0.05, 0.1) is 6.04 Å². The third-order valence-electron chi connectivity index (χ3n) is 3.14. The van der Waals surface area contributed by atoms with Crippen LogP contribution in [0.5, 0.6) is 0 Å². The highest BCUT2D eigenvalue weighted by atomic mass is 32.2. The molecular weight excluding hydrogens is 236 g/mol. The monoisotopic (exact) mass is 256 g/mol. The maximum Gasteiger partial charge on any atom is 0.0567 e. The molecule has 1 aromatic heterocycles. The maximum atomic E-state index is 5.97. The number of thiophene rings is 1. The predicted molar refractivity (Wildman–Crippen MR) is 74.3 cm³/mol. The van der Waals surface area contributed by atoms with Crippen molar-refractivity contribution in [2.45, 2.75) is 25.1 Å². The summed E-state index contributed by atoms with van der Waals surface area (Å²) in [4.78, 5) is 4.02. The standard InChI is InChI=1S/C12H20N2S2/c1-9-3-5-16-12(9)11(7-13)14-4-6-15-10(2)8-14/h3,5,10-11H,4,6-8,13H2,1-2H3. The van der Waals surface area contributed by atoms with Crippen LogP contribution in [0.3, 0.4) is 0 Å². The molecule has 2 heterocycles. The van der Waals surface area contributed by atoms with Crippen LogP contribution in [0, 0.1) is 6.92 Å². The number of nitrogens with zero attached hydrogens (tertiary/aromatic N) is 1. The van der Waals surface area contributed by atoms with Crippen molar-refractivity contribution in [1.82, 2.24) is 4.90 Å². The summed E-state index contributed by atoms with van der Waals surface area (Å²) < 4.78 is 0. The van der Waals surface area contributed by atoms with Gasteiger partial charge in [-0.15, -0.1) is 11.3 Å². The van der Waals surface area contributed by atoms with E-state index in [1.54, 1.807) is 0 Å². The fourth-order valence-electron chi connectivity index (χ4n) is 2.28. The SMILES string of the molecule is Cc1ccsc1C(CN)N1CCSC(C)C1. The molecule has 1 aliphatic heterocycles. The summed E-state index contributed by atoms with van der Waals surface area (Å²) in [5.41, 5.74) is 7.36. The van der Waals surface area contributed by atoms with Crippen molar-refractivity contribution >= 4 is 23.1 Å². The molecule has 0 aliphatic carbocycles. The van der Waals surface area contributed by atoms with E-state index in [4.69, 9.17) is 5.73 Å². The first kappa shape index (κ1) is 12.4. The lowest BCUT2D eigenvalue weighted by molar-refractivity contribution is 0.213. The van der Waals surface area contributed by atoms with E-state index in [0.717, 1.165) is 11.8 Å². The van der Waals surface area contributed by atoms with E-state index in [1.807, 2.05) is 11.3 Å². The maximum absolute atomic E-state index is 5.97. The van der Waals surface area contributed by atoms with Crippen LogP contribution in [-0.2, 0) is 0 Å². The van der Waals surface area contributed by atoms with Crippen molar-refractivity contribution in [3.63, 3.8) is 0 Å². The zero-order valence-electron chi connectivity index (χ0n) is 9.98. The molecule has 2 rings (SSSR count). The Morgan fingerprint density at radius 3 is 3.00 bits per heavy atom. The molecule has 1 fully saturated rings. The second-order valence-electron chi connectivity index (χ2n) is 4.40. The zero-order valence-corrected chi connectivity index (χ0v) is 11.6. The smallest absolute Gasteiger partial charge is 0.0567 e. The minimum atomic E-state index is 0.434. The summed E-state index contributed by atoms with van der Waals surface area (Å²) in [7, 11) is 0. The van der Waals surface area contributed by atoms with Crippen molar-refractivity contribution in [1.29, 1.82) is 0 Å². The minimum absolute atomic E-state index is 0.434. The van der Waals surface area contributed by atoms with Crippen LogP contribution in [0.15, 0.2) is 11.4 Å². The lowest BCUT2D eigenvalue weighted by Gasteiger charge is -2.36. The van der Waals surface area contributed by atoms with Gasteiger partial charge < -0.3 is 5.73 Å². The van der Waals surface area contributed by atoms with Crippen LogP contribution >= 0.6 is 23.1 Å². The van der Waals surface area contributed by atoms with Crippen molar-refractivity contribution < 1.29 is 0 Å². The Bertz CT molecular complexity index is 338. The Balaban J connectivity index is 2.13. The highest BCUT2D eigenvalue weighted by Crippen LogP contribution is 2.31. The van der Waals surface area contributed by atoms with Gasteiger partial charge in [0.2, 0.25) is 0 Å². The van der Waals surface area contributed by atoms with Crippen LogP contribution in [-0.4, -0.2) is 35.5 Å². The minimum Gasteiger partial charge on any atom is -0.329 e. The Hall–Kier alpha value is -0.0300. The largest absolute Gasteiger partial charge is 0.329 e. The van der Waals surface area contributed by atoms with Gasteiger partial charge in [0.1, 0.15) is 0 Å². The fourth-order valence-corrected chi connectivity index (χ4v) is 4.39. The molecule has 0 bridgehead atoms. The van der Waals surface area contributed by atoms with Gasteiger partial charge in [-0.3, -0.25) is 4.90 Å². The Labute approximate surface area is 106 Å². The van der Waals surface area contributed by atoms with Gasteiger partial charge in [0, 0.05) is 35.5 Å². The average Bonchev–Trinajstić information content (AvgIpc) is 2.67. The summed E-state index contributed by atoms with van der Waals surface area (Å²) in [5.74, 6) is 1.24. The normalized spacial score (nSPS) is 24.6. The molecule has 2 N–H and O–H groups in total. The van der Waals surface area contributed by atoms with Crippen molar-refractivity contribution in [2.24, 2.45) is 5.73 Å². The molecule has 0 saturated carbocycles. The number of nitrogens with two attached hydrogens (primary N) is 1. The molecule has 16 heavy (non-hydrogen) atoms. The van der Waals surface area contributed by atoms with Crippen molar-refractivity contribution in [3.05, 3.63) is 21.9 Å². The average molecular weight is 256 g/mol. The number of hydrogen-bond acceptors (Lipinski definition) is 4. The second kappa shape index (κ2) is 5.54. The van der Waals surface area contributed by atoms with Gasteiger partial charge in [0.15, 0.2) is 0 Å². The topological polar surface area (TPSA) is 29.3 Å². The highest BCUT2D eigenvalue weighted by molar-refractivity contribution is 7.99. The number of thioether (sulfide) groups is 1. The Morgan fingerprint density at radius 1 is 1.62 bits per heavy atom. The third-order valence-corrected chi connectivity index (χ3v) is 5.40. The molecule has 90 valence electrons. The second-order valence-corrected chi connectivity index (χ2v) is 6.89. The predicted octanol–water partition coefficient (Wildman–Crippen LogP) is 2.49. The van der Waals surface area contributed by atoms with E-state index >= 15 is 0 Å². The molecule has 4 heteroatoms. The van der Waals surface area contributed by atoms with Gasteiger partial charge in [-0.1, -0.05) is 6.92 Å². The van der Waals surface area contributed by atoms with E-state index in [2.05, 4.69) is 42.0 Å². The molecule has 0 amide bonds. The summed E-state index contributed by atoms with van der Waals surface area (Å²) in [6, 6.07) is 2.63. The number of hydrogen-bond donors (Lipinski definition) is 1. The van der Waals surface area contributed by atoms with E-state index in [1.165, 1.54) is 29.3 Å². The molecule has 2 atom stereocenters. The van der Waals surface area contributed by atoms with Gasteiger partial charge in [-0.2, -0.15) is 11.8 Å². The summed E-state index contributed by atoms with van der Waals surface area (Å²) in [6.45, 7) is 7.58. The molecule has 1 aliphatic rings. The Kier molecular flexibility index (Phi) is 4.30. The molecule has 0 aromatic carbocycles. The van der Waals surface area contributed by atoms with Crippen LogP contribution in [0.4, 0.5) is 0 Å². The van der Waals surface area contributed by atoms with Crippen LogP contribution in [0.1, 0.15) is 23.4 Å². The van der Waals surface area contributed by atoms with Crippen LogP contribution in [0.2, 0.25) is 0 Å². The Morgan fingerprint density at radius 2 is 2.44 bits per heavy atom. The van der Waals surface area contributed by atoms with Crippen LogP contribution < -0.4 is 5.73 Å². The number of aryl methyl sites for hydroxylation is 1. The fraction of sp³-hybridized carbons (Fsp3) is 0.667. The first-order chi connectivity index (χ1) is 7.72. The summed E-state index contributed by atoms with van der Waals surface area (Å²) in [5, 5.41) is 2.91. The van der Waals surface area contributed by atoms with Crippen molar-refractivity contribution in [3.8, 4) is 0 Å². The quantitative estimate of drug-likeness (QED) is 0.901. The molecule has 2 unspecified atom stereocenters. The molecule has 2 nitrogen and oxygen atoms in total. The number of rotatable bonds is 3. The van der Waals surface area contributed by atoms with E-state index < -0.39 is 0 Å². The highest BCUT2D eigenvalue weighted by Gasteiger charge is 2.25. The van der Waals surface area contributed by atoms with E-state index in [0.29, 0.717) is 6.04 Å². The van der Waals surface area contributed by atoms with E-state index in [9.17, 15) is 0 Å². The molecule has 1 aromatic rings. The van der Waals surface area contributed by atoms with E-state index in [-0.39, 0.29) is 0 Å².